The first kappa shape index (κ1) is 12.0. The van der Waals surface area contributed by atoms with E-state index in [4.69, 9.17) is 0 Å². The van der Waals surface area contributed by atoms with Gasteiger partial charge in [0, 0.05) is 0 Å². The number of hydrogen-bond acceptors (Lipinski definition) is 0. The lowest BCUT2D eigenvalue weighted by atomic mass is 9.78. The lowest BCUT2D eigenvalue weighted by molar-refractivity contribution is 0.319. The summed E-state index contributed by atoms with van der Waals surface area (Å²) in [7, 11) is 0. The van der Waals surface area contributed by atoms with E-state index in [1.54, 1.807) is 0 Å². The molecule has 0 aliphatic carbocycles. The van der Waals surface area contributed by atoms with Gasteiger partial charge < -0.3 is 0 Å². The molecule has 0 fully saturated rings. The molecular weight excluding hydrogens is 144 g/mol. The van der Waals surface area contributed by atoms with Crippen molar-refractivity contribution in [3.05, 3.63) is 6.42 Å². The van der Waals surface area contributed by atoms with E-state index in [9.17, 15) is 0 Å². The Labute approximate surface area is 78.8 Å². The van der Waals surface area contributed by atoms with Crippen LogP contribution in [0, 0.1) is 17.3 Å². The minimum absolute atomic E-state index is 0.433. The van der Waals surface area contributed by atoms with Crippen LogP contribution in [0.15, 0.2) is 0 Å². The highest BCUT2D eigenvalue weighted by Gasteiger charge is 2.20. The summed E-state index contributed by atoms with van der Waals surface area (Å²) in [6.45, 7) is 13.8. The fourth-order valence-corrected chi connectivity index (χ4v) is 1.33. The van der Waals surface area contributed by atoms with Crippen molar-refractivity contribution in [1.29, 1.82) is 0 Å². The van der Waals surface area contributed by atoms with E-state index in [1.807, 2.05) is 0 Å². The fourth-order valence-electron chi connectivity index (χ4n) is 1.33. The normalized spacial score (nSPS) is 13.5. The lowest BCUT2D eigenvalue weighted by Gasteiger charge is -2.28. The third-order valence-corrected chi connectivity index (χ3v) is 2.16. The molecule has 0 aromatic carbocycles. The summed E-state index contributed by atoms with van der Waals surface area (Å²) >= 11 is 0. The third-order valence-electron chi connectivity index (χ3n) is 2.16. The zero-order valence-electron chi connectivity index (χ0n) is 9.70. The van der Waals surface area contributed by atoms with Crippen LogP contribution in [-0.2, 0) is 0 Å². The Morgan fingerprint density at radius 1 is 1.00 bits per heavy atom. The molecule has 0 spiro atoms. The highest BCUT2D eigenvalue weighted by atomic mass is 14.3. The van der Waals surface area contributed by atoms with Crippen LogP contribution in [0.3, 0.4) is 0 Å². The SMILES string of the molecule is CCCC(C)(C)[CH]CC(C)(C)C. The van der Waals surface area contributed by atoms with Gasteiger partial charge in [-0.05, 0) is 30.1 Å². The van der Waals surface area contributed by atoms with Gasteiger partial charge in [-0.2, -0.15) is 0 Å². The summed E-state index contributed by atoms with van der Waals surface area (Å²) in [5, 5.41) is 0. The van der Waals surface area contributed by atoms with E-state index < -0.39 is 0 Å². The summed E-state index contributed by atoms with van der Waals surface area (Å²) in [4.78, 5) is 0. The molecule has 0 aliphatic heterocycles. The Kier molecular flexibility index (Phi) is 4.30. The highest BCUT2D eigenvalue weighted by molar-refractivity contribution is 4.87. The summed E-state index contributed by atoms with van der Waals surface area (Å²) < 4.78 is 0. The molecule has 0 saturated heterocycles. The van der Waals surface area contributed by atoms with Crippen LogP contribution in [0.25, 0.3) is 0 Å². The summed E-state index contributed by atoms with van der Waals surface area (Å²) in [5.41, 5.74) is 0.882. The molecule has 0 heteroatoms. The van der Waals surface area contributed by atoms with Gasteiger partial charge in [0.25, 0.3) is 0 Å². The van der Waals surface area contributed by atoms with Gasteiger partial charge in [0.1, 0.15) is 0 Å². The standard InChI is InChI=1S/C12H25/c1-7-8-12(5,6)10-9-11(2,3)4/h10H,7-9H2,1-6H3. The lowest BCUT2D eigenvalue weighted by Crippen LogP contribution is -2.16. The van der Waals surface area contributed by atoms with Gasteiger partial charge in [-0.25, -0.2) is 0 Å². The van der Waals surface area contributed by atoms with Gasteiger partial charge in [-0.15, -0.1) is 0 Å². The van der Waals surface area contributed by atoms with Crippen molar-refractivity contribution in [1.82, 2.24) is 0 Å². The molecule has 0 saturated carbocycles. The molecule has 12 heavy (non-hydrogen) atoms. The predicted molar refractivity (Wildman–Crippen MR) is 57.1 cm³/mol. The van der Waals surface area contributed by atoms with E-state index in [1.165, 1.54) is 19.3 Å². The smallest absolute Gasteiger partial charge is 0.0323 e. The minimum atomic E-state index is 0.433. The van der Waals surface area contributed by atoms with Gasteiger partial charge in [0.15, 0.2) is 0 Å². The molecule has 73 valence electrons. The molecule has 0 rings (SSSR count). The third kappa shape index (κ3) is 6.69. The van der Waals surface area contributed by atoms with E-state index >= 15 is 0 Å². The molecule has 0 amide bonds. The molecule has 0 unspecified atom stereocenters. The van der Waals surface area contributed by atoms with E-state index in [0.29, 0.717) is 10.8 Å². The average Bonchev–Trinajstić information content (AvgIpc) is 1.83. The summed E-state index contributed by atoms with van der Waals surface area (Å²) in [5.74, 6) is 0. The van der Waals surface area contributed by atoms with Crippen molar-refractivity contribution in [2.24, 2.45) is 10.8 Å². The van der Waals surface area contributed by atoms with E-state index in [-0.39, 0.29) is 0 Å². The van der Waals surface area contributed by atoms with Gasteiger partial charge in [-0.1, -0.05) is 48.0 Å². The molecule has 0 nitrogen and oxygen atoms in total. The van der Waals surface area contributed by atoms with Crippen molar-refractivity contribution in [3.8, 4) is 0 Å². The molecule has 0 aromatic rings. The van der Waals surface area contributed by atoms with Crippen LogP contribution in [0.5, 0.6) is 0 Å². The maximum Gasteiger partial charge on any atom is -0.0323 e. The van der Waals surface area contributed by atoms with Crippen molar-refractivity contribution in [2.45, 2.75) is 60.8 Å². The van der Waals surface area contributed by atoms with Crippen molar-refractivity contribution < 1.29 is 0 Å². The second-order valence-corrected chi connectivity index (χ2v) is 5.71. The summed E-state index contributed by atoms with van der Waals surface area (Å²) in [6.07, 6.45) is 6.30. The molecule has 1 radical (unpaired) electrons. The quantitative estimate of drug-likeness (QED) is 0.583. The minimum Gasteiger partial charge on any atom is -0.0654 e. The molecule has 0 bridgehead atoms. The average molecular weight is 169 g/mol. The topological polar surface area (TPSA) is 0 Å². The Balaban J connectivity index is 3.75. The number of rotatable bonds is 4. The first-order chi connectivity index (χ1) is 5.27. The molecule has 0 heterocycles. The van der Waals surface area contributed by atoms with Crippen LogP contribution in [-0.4, -0.2) is 0 Å². The molecule has 0 aromatic heterocycles. The second kappa shape index (κ2) is 4.30. The van der Waals surface area contributed by atoms with Crippen LogP contribution < -0.4 is 0 Å². The zero-order valence-corrected chi connectivity index (χ0v) is 9.70. The highest BCUT2D eigenvalue weighted by Crippen LogP contribution is 2.32. The van der Waals surface area contributed by atoms with Crippen LogP contribution in [0.1, 0.15) is 60.8 Å². The Hall–Kier alpha value is 0. The Bertz CT molecular complexity index is 114. The van der Waals surface area contributed by atoms with Gasteiger partial charge >= 0.3 is 0 Å². The Morgan fingerprint density at radius 2 is 1.50 bits per heavy atom. The van der Waals surface area contributed by atoms with Gasteiger partial charge in [-0.3, -0.25) is 0 Å². The molecule has 0 atom stereocenters. The van der Waals surface area contributed by atoms with E-state index in [0.717, 1.165) is 0 Å². The second-order valence-electron chi connectivity index (χ2n) is 5.71. The maximum absolute atomic E-state index is 2.48. The predicted octanol–water partition coefficient (Wildman–Crippen LogP) is 4.45. The first-order valence-electron chi connectivity index (χ1n) is 5.11. The maximum atomic E-state index is 2.48. The van der Waals surface area contributed by atoms with Crippen LogP contribution in [0.4, 0.5) is 0 Å². The molecule has 0 N–H and O–H groups in total. The van der Waals surface area contributed by atoms with Crippen molar-refractivity contribution in [3.63, 3.8) is 0 Å². The van der Waals surface area contributed by atoms with E-state index in [2.05, 4.69) is 48.0 Å². The van der Waals surface area contributed by atoms with Crippen molar-refractivity contribution >= 4 is 0 Å². The molecule has 0 aliphatic rings. The van der Waals surface area contributed by atoms with Crippen molar-refractivity contribution in [2.75, 3.05) is 0 Å². The zero-order chi connectivity index (χ0) is 9.83. The van der Waals surface area contributed by atoms with Gasteiger partial charge in [0.2, 0.25) is 0 Å². The Morgan fingerprint density at radius 3 is 1.83 bits per heavy atom. The molecular formula is C12H25. The van der Waals surface area contributed by atoms with Gasteiger partial charge in [0.05, 0.1) is 0 Å². The number of hydrogen-bond donors (Lipinski definition) is 0. The van der Waals surface area contributed by atoms with Crippen LogP contribution >= 0.6 is 0 Å². The first-order valence-corrected chi connectivity index (χ1v) is 5.11. The summed E-state index contributed by atoms with van der Waals surface area (Å²) in [6, 6.07) is 0. The van der Waals surface area contributed by atoms with Crippen LogP contribution in [0.2, 0.25) is 0 Å². The fraction of sp³-hybridized carbons (Fsp3) is 0.917. The monoisotopic (exact) mass is 169 g/mol. The largest absolute Gasteiger partial charge is 0.0654 e.